The number of anilines is 1. The summed E-state index contributed by atoms with van der Waals surface area (Å²) in [4.78, 5) is 6.83. The van der Waals surface area contributed by atoms with Crippen LogP contribution in [0, 0.1) is 0 Å². The van der Waals surface area contributed by atoms with Crippen molar-refractivity contribution in [1.82, 2.24) is 15.5 Å². The van der Waals surface area contributed by atoms with Gasteiger partial charge in [-0.15, -0.1) is 0 Å². The van der Waals surface area contributed by atoms with Crippen molar-refractivity contribution in [1.29, 1.82) is 0 Å². The zero-order valence-electron chi connectivity index (χ0n) is 12.9. The van der Waals surface area contributed by atoms with E-state index in [4.69, 9.17) is 9.26 Å². The lowest BCUT2D eigenvalue weighted by atomic mass is 9.94. The van der Waals surface area contributed by atoms with Crippen molar-refractivity contribution in [3.05, 3.63) is 5.89 Å². The second kappa shape index (κ2) is 7.22. The SMILES string of the molecule is CCNC1CCCCCC1c1nc(N2CCOCC2)no1. The van der Waals surface area contributed by atoms with Crippen LogP contribution in [0.25, 0.3) is 0 Å². The molecule has 2 heterocycles. The summed E-state index contributed by atoms with van der Waals surface area (Å²) in [7, 11) is 0. The number of hydrogen-bond acceptors (Lipinski definition) is 6. The molecule has 6 nitrogen and oxygen atoms in total. The van der Waals surface area contributed by atoms with Crippen LogP contribution < -0.4 is 10.2 Å². The molecule has 118 valence electrons. The zero-order valence-corrected chi connectivity index (χ0v) is 12.9. The molecule has 3 rings (SSSR count). The molecular formula is C15H26N4O2. The molecule has 2 fully saturated rings. The van der Waals surface area contributed by atoms with Crippen molar-refractivity contribution >= 4 is 5.95 Å². The van der Waals surface area contributed by atoms with Gasteiger partial charge in [0.05, 0.1) is 19.1 Å². The maximum Gasteiger partial charge on any atom is 0.266 e. The van der Waals surface area contributed by atoms with E-state index in [1.54, 1.807) is 0 Å². The lowest BCUT2D eigenvalue weighted by molar-refractivity contribution is 0.121. The molecule has 2 aliphatic rings. The second-order valence-electron chi connectivity index (χ2n) is 5.94. The number of nitrogens with one attached hydrogen (secondary N) is 1. The van der Waals surface area contributed by atoms with Crippen LogP contribution in [0.1, 0.15) is 50.8 Å². The predicted molar refractivity (Wildman–Crippen MR) is 80.6 cm³/mol. The lowest BCUT2D eigenvalue weighted by Gasteiger charge is -2.25. The summed E-state index contributed by atoms with van der Waals surface area (Å²) in [6.07, 6.45) is 6.19. The van der Waals surface area contributed by atoms with Gasteiger partial charge in [0, 0.05) is 19.1 Å². The number of likely N-dealkylation sites (N-methyl/N-ethyl adjacent to an activating group) is 1. The smallest absolute Gasteiger partial charge is 0.266 e. The Morgan fingerprint density at radius 2 is 2.00 bits per heavy atom. The van der Waals surface area contributed by atoms with Crippen LogP contribution in [-0.2, 0) is 4.74 Å². The van der Waals surface area contributed by atoms with Gasteiger partial charge in [-0.1, -0.05) is 26.2 Å². The molecule has 0 amide bonds. The van der Waals surface area contributed by atoms with Crippen LogP contribution in [0.4, 0.5) is 5.95 Å². The molecule has 2 unspecified atom stereocenters. The molecule has 1 aromatic heterocycles. The van der Waals surface area contributed by atoms with E-state index >= 15 is 0 Å². The maximum absolute atomic E-state index is 5.61. The van der Waals surface area contributed by atoms with Gasteiger partial charge in [-0.05, 0) is 24.5 Å². The minimum atomic E-state index is 0.356. The van der Waals surface area contributed by atoms with Gasteiger partial charge >= 0.3 is 0 Å². The monoisotopic (exact) mass is 294 g/mol. The molecule has 1 N–H and O–H groups in total. The molecule has 1 aromatic rings. The normalized spacial score (nSPS) is 27.6. The molecule has 0 bridgehead atoms. The Kier molecular flexibility index (Phi) is 5.08. The number of rotatable bonds is 4. The van der Waals surface area contributed by atoms with Gasteiger partial charge in [0.15, 0.2) is 0 Å². The average Bonchev–Trinajstić information content (AvgIpc) is 2.90. The van der Waals surface area contributed by atoms with Gasteiger partial charge in [0.1, 0.15) is 0 Å². The Labute approximate surface area is 126 Å². The van der Waals surface area contributed by atoms with Crippen LogP contribution in [-0.4, -0.2) is 49.0 Å². The quantitative estimate of drug-likeness (QED) is 0.856. The molecular weight excluding hydrogens is 268 g/mol. The van der Waals surface area contributed by atoms with E-state index in [9.17, 15) is 0 Å². The standard InChI is InChI=1S/C15H26N4O2/c1-2-16-13-7-5-3-4-6-12(13)14-17-15(18-21-14)19-8-10-20-11-9-19/h12-13,16H,2-11H2,1H3. The first-order chi connectivity index (χ1) is 10.4. The summed E-state index contributed by atoms with van der Waals surface area (Å²) < 4.78 is 11.0. The van der Waals surface area contributed by atoms with Crippen LogP contribution >= 0.6 is 0 Å². The minimum absolute atomic E-state index is 0.356. The van der Waals surface area contributed by atoms with Crippen molar-refractivity contribution in [2.45, 2.75) is 51.0 Å². The van der Waals surface area contributed by atoms with Gasteiger partial charge in [-0.25, -0.2) is 0 Å². The highest BCUT2D eigenvalue weighted by Crippen LogP contribution is 2.32. The summed E-state index contributed by atoms with van der Waals surface area (Å²) in [5.74, 6) is 1.90. The Balaban J connectivity index is 1.72. The highest BCUT2D eigenvalue weighted by atomic mass is 16.5. The van der Waals surface area contributed by atoms with E-state index in [2.05, 4.69) is 27.3 Å². The molecule has 0 radical (unpaired) electrons. The number of ether oxygens (including phenoxy) is 1. The van der Waals surface area contributed by atoms with Crippen LogP contribution in [0.3, 0.4) is 0 Å². The van der Waals surface area contributed by atoms with E-state index < -0.39 is 0 Å². The van der Waals surface area contributed by atoms with Crippen molar-refractivity contribution in [3.8, 4) is 0 Å². The van der Waals surface area contributed by atoms with Gasteiger partial charge in [-0.2, -0.15) is 4.98 Å². The number of nitrogens with zero attached hydrogens (tertiary/aromatic N) is 3. The van der Waals surface area contributed by atoms with Gasteiger partial charge in [0.25, 0.3) is 5.95 Å². The molecule has 1 aliphatic heterocycles. The van der Waals surface area contributed by atoms with Gasteiger partial charge in [-0.3, -0.25) is 0 Å². The summed E-state index contributed by atoms with van der Waals surface area (Å²) in [6, 6.07) is 0.468. The molecule has 6 heteroatoms. The predicted octanol–water partition coefficient (Wildman–Crippen LogP) is 1.93. The first-order valence-corrected chi connectivity index (χ1v) is 8.28. The Hall–Kier alpha value is -1.14. The molecule has 0 aromatic carbocycles. The Bertz CT molecular complexity index is 431. The third kappa shape index (κ3) is 3.55. The van der Waals surface area contributed by atoms with Crippen molar-refractivity contribution in [2.24, 2.45) is 0 Å². The second-order valence-corrected chi connectivity index (χ2v) is 5.94. The zero-order chi connectivity index (χ0) is 14.5. The molecule has 1 saturated carbocycles. The largest absolute Gasteiger partial charge is 0.378 e. The average molecular weight is 294 g/mol. The third-order valence-corrected chi connectivity index (χ3v) is 4.52. The van der Waals surface area contributed by atoms with E-state index in [-0.39, 0.29) is 0 Å². The molecule has 21 heavy (non-hydrogen) atoms. The summed E-state index contributed by atoms with van der Waals surface area (Å²) in [5, 5.41) is 7.80. The fourth-order valence-corrected chi connectivity index (χ4v) is 3.38. The fourth-order valence-electron chi connectivity index (χ4n) is 3.38. The summed E-state index contributed by atoms with van der Waals surface area (Å²) in [5.41, 5.74) is 0. The van der Waals surface area contributed by atoms with E-state index in [0.29, 0.717) is 12.0 Å². The molecule has 0 spiro atoms. The van der Waals surface area contributed by atoms with Crippen molar-refractivity contribution in [3.63, 3.8) is 0 Å². The number of aromatic nitrogens is 2. The minimum Gasteiger partial charge on any atom is -0.378 e. The van der Waals surface area contributed by atoms with Crippen LogP contribution in [0.5, 0.6) is 0 Å². The fraction of sp³-hybridized carbons (Fsp3) is 0.867. The molecule has 1 aliphatic carbocycles. The lowest BCUT2D eigenvalue weighted by Crippen LogP contribution is -2.37. The molecule has 2 atom stereocenters. The first kappa shape index (κ1) is 14.8. The highest BCUT2D eigenvalue weighted by molar-refractivity contribution is 5.28. The third-order valence-electron chi connectivity index (χ3n) is 4.52. The Morgan fingerprint density at radius 1 is 1.19 bits per heavy atom. The van der Waals surface area contributed by atoms with E-state index in [0.717, 1.165) is 51.1 Å². The Morgan fingerprint density at radius 3 is 2.81 bits per heavy atom. The summed E-state index contributed by atoms with van der Waals surface area (Å²) >= 11 is 0. The highest BCUT2D eigenvalue weighted by Gasteiger charge is 2.30. The van der Waals surface area contributed by atoms with E-state index in [1.807, 2.05) is 0 Å². The van der Waals surface area contributed by atoms with Gasteiger partial charge in [0.2, 0.25) is 5.89 Å². The van der Waals surface area contributed by atoms with Crippen LogP contribution in [0.2, 0.25) is 0 Å². The maximum atomic E-state index is 5.61. The first-order valence-electron chi connectivity index (χ1n) is 8.28. The topological polar surface area (TPSA) is 63.4 Å². The van der Waals surface area contributed by atoms with Crippen LogP contribution in [0.15, 0.2) is 4.52 Å². The van der Waals surface area contributed by atoms with Gasteiger partial charge < -0.3 is 19.5 Å². The number of morpholine rings is 1. The summed E-state index contributed by atoms with van der Waals surface area (Å²) in [6.45, 7) is 6.34. The number of hydrogen-bond donors (Lipinski definition) is 1. The van der Waals surface area contributed by atoms with Crippen molar-refractivity contribution < 1.29 is 9.26 Å². The molecule has 1 saturated heterocycles. The van der Waals surface area contributed by atoms with Crippen molar-refractivity contribution in [2.75, 3.05) is 37.7 Å². The van der Waals surface area contributed by atoms with E-state index in [1.165, 1.54) is 25.7 Å².